The van der Waals surface area contributed by atoms with Gasteiger partial charge >= 0.3 is 5.97 Å². The van der Waals surface area contributed by atoms with Crippen molar-refractivity contribution < 1.29 is 23.8 Å². The van der Waals surface area contributed by atoms with Crippen LogP contribution in [0.3, 0.4) is 0 Å². The maximum atomic E-state index is 12.6. The van der Waals surface area contributed by atoms with Gasteiger partial charge in [-0.05, 0) is 18.2 Å². The van der Waals surface area contributed by atoms with Gasteiger partial charge in [-0.2, -0.15) is 0 Å². The van der Waals surface area contributed by atoms with Crippen molar-refractivity contribution in [1.82, 2.24) is 4.90 Å². The van der Waals surface area contributed by atoms with Gasteiger partial charge in [0.2, 0.25) is 0 Å². The summed E-state index contributed by atoms with van der Waals surface area (Å²) in [6.07, 6.45) is 0. The van der Waals surface area contributed by atoms with Crippen molar-refractivity contribution in [3.05, 3.63) is 23.8 Å². The van der Waals surface area contributed by atoms with Crippen LogP contribution in [-0.2, 0) is 9.53 Å². The quantitative estimate of drug-likeness (QED) is 0.781. The molecular formula is C15H19NO5S. The van der Waals surface area contributed by atoms with Crippen LogP contribution in [0.25, 0.3) is 0 Å². The average Bonchev–Trinajstić information content (AvgIpc) is 2.59. The number of thioether (sulfide) groups is 1. The molecule has 6 nitrogen and oxygen atoms in total. The number of carbonyl (C=O) groups is 2. The molecule has 22 heavy (non-hydrogen) atoms. The third kappa shape index (κ3) is 3.47. The first-order valence-corrected chi connectivity index (χ1v) is 7.86. The molecule has 1 aromatic rings. The molecule has 1 amide bonds. The van der Waals surface area contributed by atoms with Gasteiger partial charge in [-0.25, -0.2) is 0 Å². The van der Waals surface area contributed by atoms with E-state index in [4.69, 9.17) is 14.2 Å². The van der Waals surface area contributed by atoms with Crippen LogP contribution in [0.5, 0.6) is 11.5 Å². The highest BCUT2D eigenvalue weighted by atomic mass is 32.2. The zero-order chi connectivity index (χ0) is 16.1. The zero-order valence-corrected chi connectivity index (χ0v) is 13.6. The van der Waals surface area contributed by atoms with Crippen LogP contribution in [0.1, 0.15) is 10.4 Å². The second-order valence-corrected chi connectivity index (χ2v) is 6.01. The molecule has 1 fully saturated rings. The summed E-state index contributed by atoms with van der Waals surface area (Å²) in [7, 11) is 4.43. The molecule has 1 atom stereocenters. The summed E-state index contributed by atoms with van der Waals surface area (Å²) >= 11 is 1.51. The van der Waals surface area contributed by atoms with E-state index in [9.17, 15) is 9.59 Å². The van der Waals surface area contributed by atoms with Gasteiger partial charge in [-0.15, -0.1) is 11.8 Å². The maximum Gasteiger partial charge on any atom is 0.320 e. The second kappa shape index (κ2) is 7.40. The van der Waals surface area contributed by atoms with Gasteiger partial charge in [0, 0.05) is 24.4 Å². The van der Waals surface area contributed by atoms with E-state index in [1.165, 1.54) is 26.0 Å². The summed E-state index contributed by atoms with van der Waals surface area (Å²) < 4.78 is 15.1. The molecule has 0 aliphatic carbocycles. The van der Waals surface area contributed by atoms with Gasteiger partial charge < -0.3 is 19.1 Å². The Morgan fingerprint density at radius 2 is 1.91 bits per heavy atom. The lowest BCUT2D eigenvalue weighted by Gasteiger charge is -2.31. The number of hydrogen-bond acceptors (Lipinski definition) is 6. The molecule has 1 aliphatic heterocycles. The zero-order valence-electron chi connectivity index (χ0n) is 12.8. The fourth-order valence-electron chi connectivity index (χ4n) is 2.26. The third-order valence-corrected chi connectivity index (χ3v) is 4.61. The summed E-state index contributed by atoms with van der Waals surface area (Å²) in [5, 5.41) is -0.331. The minimum absolute atomic E-state index is 0.129. The minimum atomic E-state index is -0.331. The summed E-state index contributed by atoms with van der Waals surface area (Å²) in [6, 6.07) is 5.04. The maximum absolute atomic E-state index is 12.6. The Balaban J connectivity index is 2.15. The molecular weight excluding hydrogens is 306 g/mol. The number of hydrogen-bond donors (Lipinski definition) is 0. The SMILES string of the molecule is COC(=O)[C@@H]1CN(C(=O)c2ccc(OC)c(OC)c2)CCS1. The van der Waals surface area contributed by atoms with Crippen LogP contribution in [0.4, 0.5) is 0 Å². The van der Waals surface area contributed by atoms with Gasteiger partial charge in [0.15, 0.2) is 11.5 Å². The molecule has 1 saturated heterocycles. The monoisotopic (exact) mass is 325 g/mol. The van der Waals surface area contributed by atoms with Crippen molar-refractivity contribution in [2.75, 3.05) is 40.2 Å². The highest BCUT2D eigenvalue weighted by molar-refractivity contribution is 8.00. The van der Waals surface area contributed by atoms with E-state index in [0.29, 0.717) is 35.9 Å². The average molecular weight is 325 g/mol. The summed E-state index contributed by atoms with van der Waals surface area (Å²) in [6.45, 7) is 0.954. The van der Waals surface area contributed by atoms with Gasteiger partial charge in [0.1, 0.15) is 5.25 Å². The molecule has 0 aromatic heterocycles. The third-order valence-electron chi connectivity index (χ3n) is 3.45. The van der Waals surface area contributed by atoms with Gasteiger partial charge in [0.05, 0.1) is 21.3 Å². The largest absolute Gasteiger partial charge is 0.493 e. The Morgan fingerprint density at radius 1 is 1.18 bits per heavy atom. The molecule has 7 heteroatoms. The minimum Gasteiger partial charge on any atom is -0.493 e. The Kier molecular flexibility index (Phi) is 5.54. The number of carbonyl (C=O) groups excluding carboxylic acids is 2. The molecule has 0 unspecified atom stereocenters. The smallest absolute Gasteiger partial charge is 0.320 e. The molecule has 0 bridgehead atoms. The van der Waals surface area contributed by atoms with Crippen molar-refractivity contribution in [2.45, 2.75) is 5.25 Å². The van der Waals surface area contributed by atoms with Crippen molar-refractivity contribution in [1.29, 1.82) is 0 Å². The van der Waals surface area contributed by atoms with Crippen LogP contribution < -0.4 is 9.47 Å². The van der Waals surface area contributed by atoms with Crippen molar-refractivity contribution in [3.8, 4) is 11.5 Å². The van der Waals surface area contributed by atoms with Crippen LogP contribution in [0.15, 0.2) is 18.2 Å². The first kappa shape index (κ1) is 16.5. The molecule has 0 radical (unpaired) electrons. The van der Waals surface area contributed by atoms with Crippen molar-refractivity contribution in [3.63, 3.8) is 0 Å². The van der Waals surface area contributed by atoms with E-state index in [2.05, 4.69) is 0 Å². The lowest BCUT2D eigenvalue weighted by Crippen LogP contribution is -2.44. The van der Waals surface area contributed by atoms with Gasteiger partial charge in [0.25, 0.3) is 5.91 Å². The Labute approximate surface area is 133 Å². The number of nitrogens with zero attached hydrogens (tertiary/aromatic N) is 1. The number of amides is 1. The first-order valence-electron chi connectivity index (χ1n) is 6.81. The van der Waals surface area contributed by atoms with Crippen LogP contribution in [0.2, 0.25) is 0 Å². The van der Waals surface area contributed by atoms with E-state index in [-0.39, 0.29) is 17.1 Å². The van der Waals surface area contributed by atoms with Gasteiger partial charge in [-0.1, -0.05) is 0 Å². The topological polar surface area (TPSA) is 65.1 Å². The number of ether oxygens (including phenoxy) is 3. The van der Waals surface area contributed by atoms with Crippen molar-refractivity contribution >= 4 is 23.6 Å². The van der Waals surface area contributed by atoms with E-state index in [0.717, 1.165) is 0 Å². The molecule has 1 heterocycles. The Hall–Kier alpha value is -1.89. The standard InChI is InChI=1S/C15H19NO5S/c1-19-11-5-4-10(8-12(11)20-2)14(17)16-6-7-22-13(9-16)15(18)21-3/h4-5,8,13H,6-7,9H2,1-3H3/t13-/m0/s1. The molecule has 0 spiro atoms. The fraction of sp³-hybridized carbons (Fsp3) is 0.467. The molecule has 1 aromatic carbocycles. The summed E-state index contributed by atoms with van der Waals surface area (Å²) in [4.78, 5) is 25.9. The number of esters is 1. The van der Waals surface area contributed by atoms with E-state index in [1.54, 1.807) is 30.2 Å². The fourth-order valence-corrected chi connectivity index (χ4v) is 3.39. The number of methoxy groups -OCH3 is 3. The predicted molar refractivity (Wildman–Crippen MR) is 83.7 cm³/mol. The molecule has 120 valence electrons. The Bertz CT molecular complexity index is 563. The highest BCUT2D eigenvalue weighted by Gasteiger charge is 2.30. The number of benzene rings is 1. The summed E-state index contributed by atoms with van der Waals surface area (Å²) in [5.74, 6) is 1.36. The normalized spacial score (nSPS) is 17.8. The first-order chi connectivity index (χ1) is 10.6. The summed E-state index contributed by atoms with van der Waals surface area (Å²) in [5.41, 5.74) is 0.508. The Morgan fingerprint density at radius 3 is 2.55 bits per heavy atom. The van der Waals surface area contributed by atoms with E-state index >= 15 is 0 Å². The highest BCUT2D eigenvalue weighted by Crippen LogP contribution is 2.29. The number of rotatable bonds is 4. The van der Waals surface area contributed by atoms with Gasteiger partial charge in [-0.3, -0.25) is 9.59 Å². The lowest BCUT2D eigenvalue weighted by atomic mass is 10.1. The molecule has 2 rings (SSSR count). The predicted octanol–water partition coefficient (Wildman–Crippen LogP) is 1.43. The second-order valence-electron chi connectivity index (χ2n) is 4.70. The van der Waals surface area contributed by atoms with E-state index in [1.807, 2.05) is 0 Å². The van der Waals surface area contributed by atoms with Crippen LogP contribution in [-0.4, -0.2) is 62.2 Å². The van der Waals surface area contributed by atoms with E-state index < -0.39 is 0 Å². The lowest BCUT2D eigenvalue weighted by molar-refractivity contribution is -0.140. The van der Waals surface area contributed by atoms with Crippen LogP contribution in [0, 0.1) is 0 Å². The molecule has 0 N–H and O–H groups in total. The molecule has 0 saturated carbocycles. The molecule has 1 aliphatic rings. The van der Waals surface area contributed by atoms with Crippen molar-refractivity contribution in [2.24, 2.45) is 0 Å². The van der Waals surface area contributed by atoms with Crippen LogP contribution >= 0.6 is 11.8 Å².